The van der Waals surface area contributed by atoms with Gasteiger partial charge < -0.3 is 0 Å². The van der Waals surface area contributed by atoms with Crippen molar-refractivity contribution in [1.29, 1.82) is 0 Å². The van der Waals surface area contributed by atoms with E-state index in [0.717, 1.165) is 33.4 Å². The molecule has 0 heterocycles. The van der Waals surface area contributed by atoms with Crippen LogP contribution in [-0.4, -0.2) is 11.6 Å². The molecule has 2 aliphatic carbocycles. The van der Waals surface area contributed by atoms with Crippen LogP contribution in [0.15, 0.2) is 59.7 Å². The predicted molar refractivity (Wildman–Crippen MR) is 96.0 cm³/mol. The largest absolute Gasteiger partial charge is 0.289 e. The normalized spacial score (nSPS) is 16.1. The van der Waals surface area contributed by atoms with E-state index in [9.17, 15) is 9.59 Å². The molecule has 0 bridgehead atoms. The lowest BCUT2D eigenvalue weighted by Crippen LogP contribution is -2.22. The van der Waals surface area contributed by atoms with E-state index in [0.29, 0.717) is 24.0 Å². The van der Waals surface area contributed by atoms with Gasteiger partial charge in [0.15, 0.2) is 11.6 Å². The van der Waals surface area contributed by atoms with Gasteiger partial charge in [0, 0.05) is 22.3 Å². The minimum atomic E-state index is 0.0893. The van der Waals surface area contributed by atoms with Crippen molar-refractivity contribution >= 4 is 22.7 Å². The van der Waals surface area contributed by atoms with Crippen LogP contribution in [0.1, 0.15) is 58.5 Å². The van der Waals surface area contributed by atoms with Crippen LogP contribution in [-0.2, 0) is 0 Å². The van der Waals surface area contributed by atoms with Crippen molar-refractivity contribution in [2.75, 3.05) is 0 Å². The van der Waals surface area contributed by atoms with Gasteiger partial charge in [0.25, 0.3) is 0 Å². The molecular formula is C22H18O2. The molecule has 0 fully saturated rings. The zero-order chi connectivity index (χ0) is 16.8. The van der Waals surface area contributed by atoms with Gasteiger partial charge in [-0.05, 0) is 35.1 Å². The summed E-state index contributed by atoms with van der Waals surface area (Å²) in [6.45, 7) is 4.02. The number of benzene rings is 2. The van der Waals surface area contributed by atoms with Gasteiger partial charge in [-0.25, -0.2) is 0 Å². The Morgan fingerprint density at radius 3 is 1.25 bits per heavy atom. The Morgan fingerprint density at radius 2 is 0.917 bits per heavy atom. The zero-order valence-electron chi connectivity index (χ0n) is 13.8. The Morgan fingerprint density at radius 1 is 0.583 bits per heavy atom. The van der Waals surface area contributed by atoms with Gasteiger partial charge in [0.05, 0.1) is 0 Å². The van der Waals surface area contributed by atoms with Gasteiger partial charge in [-0.3, -0.25) is 9.59 Å². The highest BCUT2D eigenvalue weighted by molar-refractivity contribution is 6.35. The maximum absolute atomic E-state index is 13.0. The molecule has 118 valence electrons. The minimum Gasteiger partial charge on any atom is -0.289 e. The van der Waals surface area contributed by atoms with Gasteiger partial charge in [0.1, 0.15) is 0 Å². The number of Topliss-reactive ketones (excluding diaryl/α,β-unsaturated/α-hetero) is 2. The molecule has 2 aromatic rings. The van der Waals surface area contributed by atoms with Crippen molar-refractivity contribution in [3.8, 4) is 0 Å². The van der Waals surface area contributed by atoms with Gasteiger partial charge in [-0.1, -0.05) is 62.4 Å². The molecule has 0 saturated carbocycles. The Balaban J connectivity index is 2.18. The van der Waals surface area contributed by atoms with Crippen molar-refractivity contribution in [2.24, 2.45) is 0 Å². The maximum atomic E-state index is 13.0. The fraction of sp³-hybridized carbons (Fsp3) is 0.182. The number of carbonyl (C=O) groups excluding carboxylic acids is 2. The lowest BCUT2D eigenvalue weighted by Gasteiger charge is -2.31. The average Bonchev–Trinajstić information content (AvgIpc) is 2.63. The zero-order valence-corrected chi connectivity index (χ0v) is 13.8. The standard InChI is InChI=1S/C22H18O2/c1-3-13-19-15-9-5-8-12-18(15)22(24)14(4-2)20(19)16-10-6-7-11-17(16)21(13)23/h5-12H,3-4H2,1-2H3. The number of allylic oxidation sites excluding steroid dienone is 4. The molecule has 0 saturated heterocycles. The summed E-state index contributed by atoms with van der Waals surface area (Å²) in [5, 5.41) is 0. The van der Waals surface area contributed by atoms with E-state index in [1.807, 2.05) is 62.4 Å². The highest BCUT2D eigenvalue weighted by Gasteiger charge is 2.36. The predicted octanol–water partition coefficient (Wildman–Crippen LogP) is 5.11. The van der Waals surface area contributed by atoms with Crippen LogP contribution in [0.2, 0.25) is 0 Å². The number of carbonyl (C=O) groups is 2. The Hall–Kier alpha value is -2.74. The Kier molecular flexibility index (Phi) is 3.34. The molecule has 0 atom stereocenters. The first-order valence-corrected chi connectivity index (χ1v) is 8.43. The summed E-state index contributed by atoms with van der Waals surface area (Å²) in [5.74, 6) is 0.179. The fourth-order valence-electron chi connectivity index (χ4n) is 3.92. The van der Waals surface area contributed by atoms with Crippen molar-refractivity contribution in [1.82, 2.24) is 0 Å². The van der Waals surface area contributed by atoms with Crippen LogP contribution in [0.3, 0.4) is 0 Å². The lowest BCUT2D eigenvalue weighted by molar-refractivity contribution is 0.101. The minimum absolute atomic E-state index is 0.0893. The monoisotopic (exact) mass is 314 g/mol. The molecule has 4 rings (SSSR count). The van der Waals surface area contributed by atoms with Crippen LogP contribution in [0.25, 0.3) is 11.1 Å². The molecule has 2 aliphatic rings. The molecule has 24 heavy (non-hydrogen) atoms. The van der Waals surface area contributed by atoms with Crippen LogP contribution < -0.4 is 0 Å². The Labute approximate surface area is 141 Å². The second-order valence-electron chi connectivity index (χ2n) is 6.16. The molecule has 0 amide bonds. The summed E-state index contributed by atoms with van der Waals surface area (Å²) >= 11 is 0. The third-order valence-corrected chi connectivity index (χ3v) is 4.99. The highest BCUT2D eigenvalue weighted by Crippen LogP contribution is 2.48. The molecule has 0 spiro atoms. The van der Waals surface area contributed by atoms with Gasteiger partial charge >= 0.3 is 0 Å². The second-order valence-corrected chi connectivity index (χ2v) is 6.16. The molecular weight excluding hydrogens is 296 g/mol. The summed E-state index contributed by atoms with van der Waals surface area (Å²) < 4.78 is 0. The van der Waals surface area contributed by atoms with Gasteiger partial charge in [0.2, 0.25) is 0 Å². The highest BCUT2D eigenvalue weighted by atomic mass is 16.1. The number of ketones is 2. The summed E-state index contributed by atoms with van der Waals surface area (Å²) in [7, 11) is 0. The average molecular weight is 314 g/mol. The van der Waals surface area contributed by atoms with Crippen molar-refractivity contribution < 1.29 is 9.59 Å². The SMILES string of the molecule is CCC1=C2C(=C(CC)C(=O)c3ccccc32)c2ccccc2C1=O. The van der Waals surface area contributed by atoms with E-state index in [1.54, 1.807) is 0 Å². The maximum Gasteiger partial charge on any atom is 0.190 e. The van der Waals surface area contributed by atoms with Crippen LogP contribution in [0, 0.1) is 0 Å². The first-order valence-electron chi connectivity index (χ1n) is 8.43. The van der Waals surface area contributed by atoms with Gasteiger partial charge in [-0.2, -0.15) is 0 Å². The number of hydrogen-bond acceptors (Lipinski definition) is 2. The van der Waals surface area contributed by atoms with E-state index in [1.165, 1.54) is 0 Å². The van der Waals surface area contributed by atoms with E-state index >= 15 is 0 Å². The van der Waals surface area contributed by atoms with Gasteiger partial charge in [-0.15, -0.1) is 0 Å². The molecule has 2 aromatic carbocycles. The van der Waals surface area contributed by atoms with Crippen molar-refractivity contribution in [3.63, 3.8) is 0 Å². The fourth-order valence-corrected chi connectivity index (χ4v) is 3.92. The molecule has 0 radical (unpaired) electrons. The van der Waals surface area contributed by atoms with E-state index in [2.05, 4.69) is 0 Å². The Bertz CT molecular complexity index is 878. The molecule has 0 aliphatic heterocycles. The molecule has 2 nitrogen and oxygen atoms in total. The van der Waals surface area contributed by atoms with Crippen molar-refractivity contribution in [3.05, 3.63) is 81.9 Å². The second kappa shape index (κ2) is 5.41. The lowest BCUT2D eigenvalue weighted by atomic mass is 9.70. The molecule has 0 N–H and O–H groups in total. The third-order valence-electron chi connectivity index (χ3n) is 4.99. The summed E-state index contributed by atoms with van der Waals surface area (Å²) in [5.41, 5.74) is 6.78. The number of hydrogen-bond donors (Lipinski definition) is 0. The number of fused-ring (bicyclic) bond motifs is 5. The topological polar surface area (TPSA) is 34.1 Å². The summed E-state index contributed by atoms with van der Waals surface area (Å²) in [4.78, 5) is 26.0. The quantitative estimate of drug-likeness (QED) is 0.772. The van der Waals surface area contributed by atoms with Crippen molar-refractivity contribution in [2.45, 2.75) is 26.7 Å². The number of rotatable bonds is 2. The smallest absolute Gasteiger partial charge is 0.190 e. The summed E-state index contributed by atoms with van der Waals surface area (Å²) in [6, 6.07) is 15.3. The molecule has 0 unspecified atom stereocenters. The van der Waals surface area contributed by atoms with E-state index in [4.69, 9.17) is 0 Å². The van der Waals surface area contributed by atoms with Crippen LogP contribution in [0.5, 0.6) is 0 Å². The van der Waals surface area contributed by atoms with Crippen LogP contribution in [0.4, 0.5) is 0 Å². The first-order chi connectivity index (χ1) is 11.7. The molecule has 2 heteroatoms. The van der Waals surface area contributed by atoms with E-state index < -0.39 is 0 Å². The summed E-state index contributed by atoms with van der Waals surface area (Å²) in [6.07, 6.45) is 1.32. The first kappa shape index (κ1) is 14.8. The van der Waals surface area contributed by atoms with Crippen LogP contribution >= 0.6 is 0 Å². The molecule has 0 aromatic heterocycles. The van der Waals surface area contributed by atoms with E-state index in [-0.39, 0.29) is 11.6 Å². The third kappa shape index (κ3) is 1.83.